The van der Waals surface area contributed by atoms with Crippen LogP contribution >= 0.6 is 23.2 Å². The minimum atomic E-state index is -0.300. The Balaban J connectivity index is 2.78. The molecule has 0 spiro atoms. The van der Waals surface area contributed by atoms with Gasteiger partial charge in [0.1, 0.15) is 0 Å². The average Bonchev–Trinajstić information content (AvgIpc) is 2.14. The number of carbonyl (C=O) groups excluding carboxylic acids is 1. The fourth-order valence-electron chi connectivity index (χ4n) is 1.01. The summed E-state index contributed by atoms with van der Waals surface area (Å²) in [5.74, 6) is -0.300. The molecule has 0 aromatic heterocycles. The van der Waals surface area contributed by atoms with E-state index in [1.807, 2.05) is 0 Å². The van der Waals surface area contributed by atoms with Crippen molar-refractivity contribution in [3.8, 4) is 0 Å². The molecular formula is C10H10Cl2N2O. The predicted octanol–water partition coefficient (Wildman–Crippen LogP) is 2.40. The van der Waals surface area contributed by atoms with E-state index in [0.29, 0.717) is 21.3 Å². The van der Waals surface area contributed by atoms with Crippen LogP contribution in [0.5, 0.6) is 0 Å². The number of carbonyl (C=O) groups is 1. The number of nitrogen functional groups attached to an aromatic ring is 1. The normalized spacial score (nSPS) is 9.73. The highest BCUT2D eigenvalue weighted by Crippen LogP contribution is 2.17. The van der Waals surface area contributed by atoms with Crippen LogP contribution in [0.1, 0.15) is 10.4 Å². The van der Waals surface area contributed by atoms with E-state index in [4.69, 9.17) is 28.9 Å². The largest absolute Gasteiger partial charge is 0.398 e. The predicted molar refractivity (Wildman–Crippen MR) is 63.2 cm³/mol. The number of halogens is 2. The van der Waals surface area contributed by atoms with Gasteiger partial charge in [0.2, 0.25) is 0 Å². The zero-order chi connectivity index (χ0) is 11.4. The highest BCUT2D eigenvalue weighted by Gasteiger charge is 2.09. The van der Waals surface area contributed by atoms with Gasteiger partial charge in [-0.1, -0.05) is 29.8 Å². The summed E-state index contributed by atoms with van der Waals surface area (Å²) >= 11 is 11.2. The van der Waals surface area contributed by atoms with Crippen molar-refractivity contribution in [2.45, 2.75) is 0 Å². The molecule has 0 aliphatic rings. The van der Waals surface area contributed by atoms with E-state index in [2.05, 4.69) is 11.9 Å². The molecule has 1 aromatic rings. The van der Waals surface area contributed by atoms with Gasteiger partial charge in [-0.2, -0.15) is 0 Å². The molecule has 0 heterocycles. The van der Waals surface area contributed by atoms with Crippen LogP contribution in [-0.4, -0.2) is 12.5 Å². The van der Waals surface area contributed by atoms with Crippen molar-refractivity contribution in [1.82, 2.24) is 5.32 Å². The summed E-state index contributed by atoms with van der Waals surface area (Å²) < 4.78 is 0. The van der Waals surface area contributed by atoms with Crippen LogP contribution in [0.25, 0.3) is 0 Å². The first-order valence-electron chi connectivity index (χ1n) is 4.17. The van der Waals surface area contributed by atoms with Crippen LogP contribution in [0.2, 0.25) is 5.02 Å². The van der Waals surface area contributed by atoms with E-state index in [1.54, 1.807) is 12.1 Å². The molecule has 0 saturated carbocycles. The van der Waals surface area contributed by atoms with Gasteiger partial charge in [0, 0.05) is 15.7 Å². The molecule has 1 amide bonds. The molecule has 0 aliphatic heterocycles. The molecule has 0 saturated heterocycles. The van der Waals surface area contributed by atoms with E-state index in [1.165, 1.54) is 6.07 Å². The number of amides is 1. The lowest BCUT2D eigenvalue weighted by atomic mass is 10.1. The fraction of sp³-hybridized carbons (Fsp3) is 0.100. The highest BCUT2D eigenvalue weighted by atomic mass is 35.5. The third-order valence-corrected chi connectivity index (χ3v) is 2.07. The Kier molecular flexibility index (Phi) is 4.00. The Morgan fingerprint density at radius 2 is 2.20 bits per heavy atom. The second-order valence-corrected chi connectivity index (χ2v) is 3.90. The van der Waals surface area contributed by atoms with Crippen LogP contribution in [0.15, 0.2) is 29.8 Å². The molecule has 15 heavy (non-hydrogen) atoms. The summed E-state index contributed by atoms with van der Waals surface area (Å²) in [7, 11) is 0. The Hall–Kier alpha value is -1.19. The molecule has 0 aliphatic carbocycles. The summed E-state index contributed by atoms with van der Waals surface area (Å²) in [6, 6.07) is 4.68. The van der Waals surface area contributed by atoms with Gasteiger partial charge >= 0.3 is 0 Å². The van der Waals surface area contributed by atoms with E-state index < -0.39 is 0 Å². The topological polar surface area (TPSA) is 55.1 Å². The summed E-state index contributed by atoms with van der Waals surface area (Å²) in [6.45, 7) is 3.67. The maximum absolute atomic E-state index is 11.5. The molecule has 5 heteroatoms. The van der Waals surface area contributed by atoms with E-state index >= 15 is 0 Å². The summed E-state index contributed by atoms with van der Waals surface area (Å²) in [6.07, 6.45) is 0. The van der Waals surface area contributed by atoms with Crippen molar-refractivity contribution in [3.63, 3.8) is 0 Å². The Bertz CT molecular complexity index is 404. The number of hydrogen-bond donors (Lipinski definition) is 2. The van der Waals surface area contributed by atoms with E-state index in [0.717, 1.165) is 0 Å². The van der Waals surface area contributed by atoms with Crippen LogP contribution in [0.4, 0.5) is 5.69 Å². The van der Waals surface area contributed by atoms with Gasteiger partial charge in [-0.3, -0.25) is 4.79 Å². The average molecular weight is 245 g/mol. The maximum atomic E-state index is 11.5. The summed E-state index contributed by atoms with van der Waals surface area (Å²) in [5, 5.41) is 3.41. The molecule has 0 fully saturated rings. The monoisotopic (exact) mass is 244 g/mol. The van der Waals surface area contributed by atoms with Crippen molar-refractivity contribution in [2.24, 2.45) is 0 Å². The van der Waals surface area contributed by atoms with Gasteiger partial charge in [-0.05, 0) is 18.2 Å². The second-order valence-electron chi connectivity index (χ2n) is 2.93. The van der Waals surface area contributed by atoms with Gasteiger partial charge in [0.25, 0.3) is 5.91 Å². The molecule has 1 rings (SSSR count). The number of nitrogens with two attached hydrogens (primary N) is 1. The highest BCUT2D eigenvalue weighted by molar-refractivity contribution is 6.31. The smallest absolute Gasteiger partial charge is 0.253 e. The Labute approximate surface area is 97.9 Å². The molecule has 1 aromatic carbocycles. The lowest BCUT2D eigenvalue weighted by Gasteiger charge is -2.06. The zero-order valence-electron chi connectivity index (χ0n) is 7.89. The number of rotatable bonds is 3. The van der Waals surface area contributed by atoms with Gasteiger partial charge in [-0.25, -0.2) is 0 Å². The molecule has 3 N–H and O–H groups in total. The quantitative estimate of drug-likeness (QED) is 0.803. The summed E-state index contributed by atoms with van der Waals surface area (Å²) in [5.41, 5.74) is 6.33. The molecule has 3 nitrogen and oxygen atoms in total. The lowest BCUT2D eigenvalue weighted by Crippen LogP contribution is -2.25. The number of benzene rings is 1. The fourth-order valence-corrected chi connectivity index (χ4v) is 1.26. The van der Waals surface area contributed by atoms with Gasteiger partial charge < -0.3 is 11.1 Å². The van der Waals surface area contributed by atoms with Crippen LogP contribution in [-0.2, 0) is 0 Å². The first kappa shape index (κ1) is 11.9. The van der Waals surface area contributed by atoms with E-state index in [-0.39, 0.29) is 12.5 Å². The number of anilines is 1. The SMILES string of the molecule is C=C(Cl)CNC(=O)c1ccc(Cl)cc1N. The molecular weight excluding hydrogens is 235 g/mol. The molecule has 80 valence electrons. The van der Waals surface area contributed by atoms with Crippen molar-refractivity contribution in [2.75, 3.05) is 12.3 Å². The van der Waals surface area contributed by atoms with Crippen molar-refractivity contribution < 1.29 is 4.79 Å². The molecule has 0 unspecified atom stereocenters. The third-order valence-electron chi connectivity index (χ3n) is 1.70. The minimum Gasteiger partial charge on any atom is -0.398 e. The van der Waals surface area contributed by atoms with Crippen LogP contribution in [0.3, 0.4) is 0 Å². The van der Waals surface area contributed by atoms with Gasteiger partial charge in [0.15, 0.2) is 0 Å². The van der Waals surface area contributed by atoms with Crippen molar-refractivity contribution >= 4 is 34.8 Å². The maximum Gasteiger partial charge on any atom is 0.253 e. The molecule has 0 radical (unpaired) electrons. The van der Waals surface area contributed by atoms with E-state index in [9.17, 15) is 4.79 Å². The van der Waals surface area contributed by atoms with Crippen LogP contribution in [0, 0.1) is 0 Å². The lowest BCUT2D eigenvalue weighted by molar-refractivity contribution is 0.0958. The first-order valence-corrected chi connectivity index (χ1v) is 4.93. The van der Waals surface area contributed by atoms with Gasteiger partial charge in [0.05, 0.1) is 12.1 Å². The first-order chi connectivity index (χ1) is 7.00. The zero-order valence-corrected chi connectivity index (χ0v) is 9.40. The van der Waals surface area contributed by atoms with Crippen molar-refractivity contribution in [3.05, 3.63) is 40.4 Å². The summed E-state index contributed by atoms with van der Waals surface area (Å²) in [4.78, 5) is 11.5. The number of hydrogen-bond acceptors (Lipinski definition) is 2. The van der Waals surface area contributed by atoms with Crippen molar-refractivity contribution in [1.29, 1.82) is 0 Å². The van der Waals surface area contributed by atoms with Crippen LogP contribution < -0.4 is 11.1 Å². The standard InChI is InChI=1S/C10H10Cl2N2O/c1-6(11)5-14-10(15)8-3-2-7(12)4-9(8)13/h2-4H,1,5,13H2,(H,14,15). The Morgan fingerprint density at radius 1 is 1.53 bits per heavy atom. The second kappa shape index (κ2) is 5.05. The third kappa shape index (κ3) is 3.46. The van der Waals surface area contributed by atoms with Gasteiger partial charge in [-0.15, -0.1) is 0 Å². The molecule has 0 bridgehead atoms. The Morgan fingerprint density at radius 3 is 2.73 bits per heavy atom. The number of nitrogens with one attached hydrogen (secondary N) is 1. The minimum absolute atomic E-state index is 0.211. The molecule has 0 atom stereocenters.